The van der Waals surface area contributed by atoms with Crippen LogP contribution < -0.4 is 0 Å². The number of carbonyl (C=O) groups excluding carboxylic acids is 1. The molecule has 1 aliphatic rings. The molecule has 6 heteroatoms. The summed E-state index contributed by atoms with van der Waals surface area (Å²) in [5.41, 5.74) is 0. The topological polar surface area (TPSA) is 60.9 Å². The Labute approximate surface area is 122 Å². The summed E-state index contributed by atoms with van der Waals surface area (Å²) in [6.07, 6.45) is 1.31. The van der Waals surface area contributed by atoms with Crippen molar-refractivity contribution in [1.29, 1.82) is 0 Å². The fourth-order valence-corrected chi connectivity index (χ4v) is 3.16. The molecule has 0 aromatic carbocycles. The average molecular weight is 296 g/mol. The van der Waals surface area contributed by atoms with E-state index >= 15 is 0 Å². The minimum atomic E-state index is -0.907. The zero-order valence-electron chi connectivity index (χ0n) is 11.8. The van der Waals surface area contributed by atoms with Crippen molar-refractivity contribution < 1.29 is 14.7 Å². The summed E-state index contributed by atoms with van der Waals surface area (Å²) in [6.45, 7) is 4.98. The maximum atomic E-state index is 12.6. The van der Waals surface area contributed by atoms with E-state index in [9.17, 15) is 14.7 Å². The summed E-state index contributed by atoms with van der Waals surface area (Å²) in [4.78, 5) is 28.2. The van der Waals surface area contributed by atoms with Crippen LogP contribution in [0.2, 0.25) is 0 Å². The van der Waals surface area contributed by atoms with E-state index in [4.69, 9.17) is 0 Å². The van der Waals surface area contributed by atoms with Crippen LogP contribution in [-0.2, 0) is 11.3 Å². The lowest BCUT2D eigenvalue weighted by Crippen LogP contribution is -2.49. The Hall–Kier alpha value is -1.56. The molecule has 1 N–H and O–H groups in total. The van der Waals surface area contributed by atoms with Gasteiger partial charge in [0.15, 0.2) is 0 Å². The molecule has 2 heterocycles. The first kappa shape index (κ1) is 14.8. The second-order valence-electron chi connectivity index (χ2n) is 5.27. The minimum absolute atomic E-state index is 0.0413. The lowest BCUT2D eigenvalue weighted by molar-refractivity contribution is -0.141. The molecule has 110 valence electrons. The van der Waals surface area contributed by atoms with Crippen LogP contribution in [-0.4, -0.2) is 45.5 Å². The maximum Gasteiger partial charge on any atom is 0.326 e. The summed E-state index contributed by atoms with van der Waals surface area (Å²) >= 11 is 1.61. The number of amides is 2. The highest BCUT2D eigenvalue weighted by Crippen LogP contribution is 2.22. The molecule has 2 amide bonds. The van der Waals surface area contributed by atoms with Crippen LogP contribution >= 0.6 is 11.3 Å². The van der Waals surface area contributed by atoms with Crippen molar-refractivity contribution in [1.82, 2.24) is 9.80 Å². The predicted molar refractivity (Wildman–Crippen MR) is 77.8 cm³/mol. The number of nitrogens with zero attached hydrogens (tertiary/aromatic N) is 2. The first-order chi connectivity index (χ1) is 9.50. The van der Waals surface area contributed by atoms with Gasteiger partial charge in [0.25, 0.3) is 0 Å². The smallest absolute Gasteiger partial charge is 0.326 e. The standard InChI is InChI=1S/C14H20N2O3S/c1-10(2)16(9-11-5-4-8-20-11)14(19)15-7-3-6-12(15)13(17)18/h4-5,8,10,12H,3,6-7,9H2,1-2H3,(H,17,18). The van der Waals surface area contributed by atoms with Gasteiger partial charge in [-0.3, -0.25) is 0 Å². The van der Waals surface area contributed by atoms with Crippen LogP contribution in [0.4, 0.5) is 4.79 Å². The Balaban J connectivity index is 2.12. The summed E-state index contributed by atoms with van der Waals surface area (Å²) in [5, 5.41) is 11.2. The summed E-state index contributed by atoms with van der Waals surface area (Å²) in [7, 11) is 0. The lowest BCUT2D eigenvalue weighted by atomic mass is 10.2. The second kappa shape index (κ2) is 6.26. The number of carboxylic acids is 1. The first-order valence-corrected chi connectivity index (χ1v) is 7.71. The third kappa shape index (κ3) is 3.12. The van der Waals surface area contributed by atoms with Crippen molar-refractivity contribution in [3.05, 3.63) is 22.4 Å². The van der Waals surface area contributed by atoms with Gasteiger partial charge in [-0.2, -0.15) is 0 Å². The number of urea groups is 1. The van der Waals surface area contributed by atoms with E-state index < -0.39 is 12.0 Å². The van der Waals surface area contributed by atoms with Crippen molar-refractivity contribution in [2.75, 3.05) is 6.54 Å². The molecule has 0 spiro atoms. The van der Waals surface area contributed by atoms with Gasteiger partial charge in [-0.05, 0) is 38.1 Å². The fourth-order valence-electron chi connectivity index (χ4n) is 2.46. The number of likely N-dealkylation sites (tertiary alicyclic amines) is 1. The van der Waals surface area contributed by atoms with Gasteiger partial charge in [0.05, 0.1) is 6.54 Å². The monoisotopic (exact) mass is 296 g/mol. The highest BCUT2D eigenvalue weighted by atomic mass is 32.1. The van der Waals surface area contributed by atoms with Crippen molar-refractivity contribution in [3.63, 3.8) is 0 Å². The zero-order valence-corrected chi connectivity index (χ0v) is 12.6. The quantitative estimate of drug-likeness (QED) is 0.929. The molecule has 1 unspecified atom stereocenters. The summed E-state index contributed by atoms with van der Waals surface area (Å²) in [6, 6.07) is 3.15. The maximum absolute atomic E-state index is 12.6. The Morgan fingerprint density at radius 2 is 2.30 bits per heavy atom. The molecule has 1 aromatic rings. The number of carbonyl (C=O) groups is 2. The normalized spacial score (nSPS) is 18.6. The van der Waals surface area contributed by atoms with Crippen molar-refractivity contribution >= 4 is 23.3 Å². The molecule has 0 bridgehead atoms. The number of aliphatic carboxylic acids is 1. The first-order valence-electron chi connectivity index (χ1n) is 6.83. The van der Waals surface area contributed by atoms with Gasteiger partial charge in [-0.1, -0.05) is 6.07 Å². The third-order valence-electron chi connectivity index (χ3n) is 3.56. The highest BCUT2D eigenvalue weighted by molar-refractivity contribution is 7.09. The molecule has 2 rings (SSSR count). The van der Waals surface area contributed by atoms with E-state index in [1.54, 1.807) is 16.2 Å². The van der Waals surface area contributed by atoms with Crippen LogP contribution in [0.3, 0.4) is 0 Å². The Kier molecular flexibility index (Phi) is 4.65. The summed E-state index contributed by atoms with van der Waals surface area (Å²) in [5.74, 6) is -0.907. The second-order valence-corrected chi connectivity index (χ2v) is 6.31. The van der Waals surface area contributed by atoms with Crippen LogP contribution in [0.5, 0.6) is 0 Å². The van der Waals surface area contributed by atoms with Crippen molar-refractivity contribution in [2.45, 2.75) is 45.3 Å². The lowest BCUT2D eigenvalue weighted by Gasteiger charge is -2.32. The number of rotatable bonds is 4. The largest absolute Gasteiger partial charge is 0.480 e. The summed E-state index contributed by atoms with van der Waals surface area (Å²) < 4.78 is 0. The highest BCUT2D eigenvalue weighted by Gasteiger charge is 2.36. The zero-order chi connectivity index (χ0) is 14.7. The number of thiophene rings is 1. The number of hydrogen-bond donors (Lipinski definition) is 1. The van der Waals surface area contributed by atoms with E-state index in [2.05, 4.69) is 0 Å². The van der Waals surface area contributed by atoms with E-state index in [-0.39, 0.29) is 12.1 Å². The van der Waals surface area contributed by atoms with Crippen LogP contribution in [0.1, 0.15) is 31.6 Å². The fraction of sp³-hybridized carbons (Fsp3) is 0.571. The van der Waals surface area contributed by atoms with Gasteiger partial charge in [-0.15, -0.1) is 11.3 Å². The molecular formula is C14H20N2O3S. The van der Waals surface area contributed by atoms with Crippen LogP contribution in [0.25, 0.3) is 0 Å². The van der Waals surface area contributed by atoms with Crippen LogP contribution in [0.15, 0.2) is 17.5 Å². The molecule has 0 saturated carbocycles. The average Bonchev–Trinajstić information content (AvgIpc) is 3.05. The third-order valence-corrected chi connectivity index (χ3v) is 4.42. The molecule has 5 nitrogen and oxygen atoms in total. The van der Waals surface area contributed by atoms with Gasteiger partial charge >= 0.3 is 12.0 Å². The van der Waals surface area contributed by atoms with E-state index in [0.717, 1.165) is 11.3 Å². The van der Waals surface area contributed by atoms with E-state index in [1.165, 1.54) is 4.90 Å². The van der Waals surface area contributed by atoms with Crippen molar-refractivity contribution in [2.24, 2.45) is 0 Å². The molecule has 1 aromatic heterocycles. The SMILES string of the molecule is CC(C)N(Cc1cccs1)C(=O)N1CCCC1C(=O)O. The van der Waals surface area contributed by atoms with Gasteiger partial charge < -0.3 is 14.9 Å². The van der Waals surface area contributed by atoms with E-state index in [1.807, 2.05) is 31.4 Å². The van der Waals surface area contributed by atoms with Crippen molar-refractivity contribution in [3.8, 4) is 0 Å². The van der Waals surface area contributed by atoms with Gasteiger partial charge in [-0.25, -0.2) is 9.59 Å². The Bertz CT molecular complexity index is 473. The molecule has 0 radical (unpaired) electrons. The molecule has 0 aliphatic carbocycles. The minimum Gasteiger partial charge on any atom is -0.480 e. The van der Waals surface area contributed by atoms with E-state index in [0.29, 0.717) is 19.5 Å². The molecule has 1 atom stereocenters. The van der Waals surface area contributed by atoms with Gasteiger partial charge in [0.2, 0.25) is 0 Å². The van der Waals surface area contributed by atoms with Gasteiger partial charge in [0.1, 0.15) is 6.04 Å². The molecular weight excluding hydrogens is 276 g/mol. The number of carboxylic acid groups (broad SMARTS) is 1. The Morgan fingerprint density at radius 1 is 1.55 bits per heavy atom. The predicted octanol–water partition coefficient (Wildman–Crippen LogP) is 2.63. The van der Waals surface area contributed by atoms with Gasteiger partial charge in [0, 0.05) is 17.5 Å². The molecule has 20 heavy (non-hydrogen) atoms. The number of hydrogen-bond acceptors (Lipinski definition) is 3. The molecule has 1 fully saturated rings. The molecule has 1 saturated heterocycles. The Morgan fingerprint density at radius 3 is 2.85 bits per heavy atom. The molecule has 1 aliphatic heterocycles. The van der Waals surface area contributed by atoms with Crippen LogP contribution in [0, 0.1) is 0 Å².